The normalized spacial score (nSPS) is 12.6. The lowest BCUT2D eigenvalue weighted by atomic mass is 10.0. The average molecular weight is 266 g/mol. The molecule has 0 aliphatic heterocycles. The van der Waals surface area contributed by atoms with Crippen LogP contribution in [-0.4, -0.2) is 28.1 Å². The minimum Gasteiger partial charge on any atom is -0.316 e. The molecule has 1 N–H and O–H groups in total. The highest BCUT2D eigenvalue weighted by molar-refractivity contribution is 5.20. The summed E-state index contributed by atoms with van der Waals surface area (Å²) in [7, 11) is 3.60. The van der Waals surface area contributed by atoms with Crippen LogP contribution in [-0.2, 0) is 19.9 Å². The molecule has 0 saturated carbocycles. The number of hydrogen-bond donors (Lipinski definition) is 1. The second-order valence-electron chi connectivity index (χ2n) is 4.51. The molecule has 0 bridgehead atoms. The fourth-order valence-corrected chi connectivity index (χ4v) is 1.97. The van der Waals surface area contributed by atoms with Gasteiger partial charge < -0.3 is 5.32 Å². The van der Waals surface area contributed by atoms with E-state index in [4.69, 9.17) is 0 Å². The number of hydrogen-bond acceptors (Lipinski definition) is 3. The number of aromatic nitrogens is 3. The number of benzene rings is 1. The van der Waals surface area contributed by atoms with Crippen molar-refractivity contribution in [1.29, 1.82) is 0 Å². The van der Waals surface area contributed by atoms with E-state index in [0.717, 1.165) is 11.8 Å². The summed E-state index contributed by atoms with van der Waals surface area (Å²) >= 11 is 0. The maximum Gasteiger partial charge on any atom is 0.129 e. The highest BCUT2D eigenvalue weighted by atomic mass is 19.1. The van der Waals surface area contributed by atoms with Gasteiger partial charge in [-0.2, -0.15) is 0 Å². The summed E-state index contributed by atoms with van der Waals surface area (Å²) in [5, 5.41) is 11.0. The van der Waals surface area contributed by atoms with E-state index in [1.54, 1.807) is 11.7 Å². The molecule has 4 nitrogen and oxygen atoms in total. The van der Waals surface area contributed by atoms with Crippen LogP contribution in [0, 0.1) is 11.6 Å². The van der Waals surface area contributed by atoms with Gasteiger partial charge in [-0.05, 0) is 25.1 Å². The van der Waals surface area contributed by atoms with Crippen LogP contribution in [0.3, 0.4) is 0 Å². The van der Waals surface area contributed by atoms with Crippen molar-refractivity contribution in [3.05, 3.63) is 47.3 Å². The Hall–Kier alpha value is -1.82. The first-order valence-corrected chi connectivity index (χ1v) is 6.05. The van der Waals surface area contributed by atoms with Gasteiger partial charge in [0.1, 0.15) is 11.6 Å². The van der Waals surface area contributed by atoms with Crippen LogP contribution in [0.5, 0.6) is 0 Å². The first-order chi connectivity index (χ1) is 9.08. The molecule has 2 rings (SSSR count). The van der Waals surface area contributed by atoms with E-state index in [9.17, 15) is 8.78 Å². The van der Waals surface area contributed by atoms with E-state index in [1.807, 2.05) is 13.2 Å². The van der Waals surface area contributed by atoms with Crippen LogP contribution in [0.25, 0.3) is 0 Å². The number of rotatable bonds is 5. The molecule has 0 amide bonds. The number of nitrogens with zero attached hydrogens (tertiary/aromatic N) is 3. The smallest absolute Gasteiger partial charge is 0.129 e. The van der Waals surface area contributed by atoms with Crippen molar-refractivity contribution in [3.63, 3.8) is 0 Å². The Bertz CT molecular complexity index is 553. The summed E-state index contributed by atoms with van der Waals surface area (Å²) in [6.07, 6.45) is 2.94. The molecule has 1 unspecified atom stereocenters. The van der Waals surface area contributed by atoms with E-state index in [2.05, 4.69) is 15.6 Å². The van der Waals surface area contributed by atoms with Crippen molar-refractivity contribution in [3.8, 4) is 0 Å². The van der Waals surface area contributed by atoms with Crippen molar-refractivity contribution in [2.45, 2.75) is 18.9 Å². The van der Waals surface area contributed by atoms with Gasteiger partial charge in [0.15, 0.2) is 0 Å². The second-order valence-corrected chi connectivity index (χ2v) is 4.51. The average Bonchev–Trinajstić information content (AvgIpc) is 2.77. The van der Waals surface area contributed by atoms with Gasteiger partial charge >= 0.3 is 0 Å². The van der Waals surface area contributed by atoms with Gasteiger partial charge in [-0.1, -0.05) is 11.3 Å². The van der Waals surface area contributed by atoms with Gasteiger partial charge in [0, 0.05) is 31.8 Å². The molecule has 0 fully saturated rings. The van der Waals surface area contributed by atoms with Gasteiger partial charge in [0.2, 0.25) is 0 Å². The van der Waals surface area contributed by atoms with E-state index >= 15 is 0 Å². The van der Waals surface area contributed by atoms with Gasteiger partial charge in [-0.3, -0.25) is 4.68 Å². The standard InChI is InChI=1S/C13H16F2N4/c1-16-11(7-12-8-19(2)18-17-12)5-9-3-4-10(14)6-13(9)15/h3-4,6,8,11,16H,5,7H2,1-2H3. The van der Waals surface area contributed by atoms with Crippen LogP contribution in [0.1, 0.15) is 11.3 Å². The number of likely N-dealkylation sites (N-methyl/N-ethyl adjacent to an activating group) is 1. The summed E-state index contributed by atoms with van der Waals surface area (Å²) in [4.78, 5) is 0. The molecule has 2 aromatic rings. The largest absolute Gasteiger partial charge is 0.316 e. The predicted molar refractivity (Wildman–Crippen MR) is 67.6 cm³/mol. The summed E-state index contributed by atoms with van der Waals surface area (Å²) < 4.78 is 28.1. The van der Waals surface area contributed by atoms with Gasteiger partial charge in [-0.15, -0.1) is 5.10 Å². The van der Waals surface area contributed by atoms with Crippen LogP contribution >= 0.6 is 0 Å². The molecular weight excluding hydrogens is 250 g/mol. The zero-order valence-electron chi connectivity index (χ0n) is 10.9. The highest BCUT2D eigenvalue weighted by Gasteiger charge is 2.13. The van der Waals surface area contributed by atoms with Crippen LogP contribution in [0.4, 0.5) is 8.78 Å². The zero-order valence-corrected chi connectivity index (χ0v) is 10.9. The molecular formula is C13H16F2N4. The summed E-state index contributed by atoms with van der Waals surface area (Å²) in [6, 6.07) is 3.68. The molecule has 1 aromatic heterocycles. The molecule has 0 spiro atoms. The van der Waals surface area contributed by atoms with Crippen molar-refractivity contribution in [2.24, 2.45) is 7.05 Å². The zero-order chi connectivity index (χ0) is 13.8. The lowest BCUT2D eigenvalue weighted by Gasteiger charge is -2.15. The Morgan fingerprint density at radius 3 is 2.68 bits per heavy atom. The number of halogens is 2. The Labute approximate surface area is 110 Å². The molecule has 1 atom stereocenters. The lowest BCUT2D eigenvalue weighted by Crippen LogP contribution is -2.30. The Kier molecular flexibility index (Phi) is 4.21. The topological polar surface area (TPSA) is 42.7 Å². The monoisotopic (exact) mass is 266 g/mol. The van der Waals surface area contributed by atoms with E-state index in [1.165, 1.54) is 12.1 Å². The molecule has 102 valence electrons. The van der Waals surface area contributed by atoms with Gasteiger partial charge in [0.05, 0.1) is 5.69 Å². The summed E-state index contributed by atoms with van der Waals surface area (Å²) in [5.41, 5.74) is 1.33. The fourth-order valence-electron chi connectivity index (χ4n) is 1.97. The van der Waals surface area contributed by atoms with Crippen molar-refractivity contribution < 1.29 is 8.78 Å². The van der Waals surface area contributed by atoms with Crippen molar-refractivity contribution in [1.82, 2.24) is 20.3 Å². The Balaban J connectivity index is 2.06. The quantitative estimate of drug-likeness (QED) is 0.891. The first kappa shape index (κ1) is 13.6. The molecule has 1 aromatic carbocycles. The van der Waals surface area contributed by atoms with E-state index in [0.29, 0.717) is 18.4 Å². The van der Waals surface area contributed by atoms with Crippen LogP contribution in [0.15, 0.2) is 24.4 Å². The SMILES string of the molecule is CNC(Cc1cn(C)nn1)Cc1ccc(F)cc1F. The minimum atomic E-state index is -0.559. The highest BCUT2D eigenvalue weighted by Crippen LogP contribution is 2.13. The Morgan fingerprint density at radius 2 is 2.11 bits per heavy atom. The maximum absolute atomic E-state index is 13.6. The molecule has 0 aliphatic rings. The molecule has 6 heteroatoms. The molecule has 0 aliphatic carbocycles. The van der Waals surface area contributed by atoms with Gasteiger partial charge in [0.25, 0.3) is 0 Å². The fraction of sp³-hybridized carbons (Fsp3) is 0.385. The molecule has 0 radical (unpaired) electrons. The Morgan fingerprint density at radius 1 is 1.32 bits per heavy atom. The number of aryl methyl sites for hydroxylation is 1. The molecule has 19 heavy (non-hydrogen) atoms. The number of nitrogens with one attached hydrogen (secondary N) is 1. The predicted octanol–water partition coefficient (Wildman–Crippen LogP) is 1.47. The minimum absolute atomic E-state index is 0.0247. The molecule has 0 saturated heterocycles. The third-order valence-electron chi connectivity index (χ3n) is 3.00. The summed E-state index contributed by atoms with van der Waals surface area (Å²) in [6.45, 7) is 0. The van der Waals surface area contributed by atoms with Crippen LogP contribution in [0.2, 0.25) is 0 Å². The second kappa shape index (κ2) is 5.88. The molecule has 1 heterocycles. The third-order valence-corrected chi connectivity index (χ3v) is 3.00. The lowest BCUT2D eigenvalue weighted by molar-refractivity contribution is 0.520. The third kappa shape index (κ3) is 3.57. The van der Waals surface area contributed by atoms with E-state index < -0.39 is 11.6 Å². The van der Waals surface area contributed by atoms with Crippen molar-refractivity contribution >= 4 is 0 Å². The van der Waals surface area contributed by atoms with E-state index in [-0.39, 0.29) is 6.04 Å². The van der Waals surface area contributed by atoms with Crippen LogP contribution < -0.4 is 5.32 Å². The summed E-state index contributed by atoms with van der Waals surface area (Å²) in [5.74, 6) is -1.07. The van der Waals surface area contributed by atoms with Crippen molar-refractivity contribution in [2.75, 3.05) is 7.05 Å². The van der Waals surface area contributed by atoms with Gasteiger partial charge in [-0.25, -0.2) is 8.78 Å². The first-order valence-electron chi connectivity index (χ1n) is 6.05. The maximum atomic E-state index is 13.6.